The molecule has 0 aliphatic heterocycles. The minimum atomic E-state index is -1.12. The number of benzene rings is 1. The van der Waals surface area contributed by atoms with Crippen LogP contribution in [0.3, 0.4) is 0 Å². The maximum Gasteiger partial charge on any atom is 0.408 e. The predicted octanol–water partition coefficient (Wildman–Crippen LogP) is 2.57. The van der Waals surface area contributed by atoms with E-state index in [2.05, 4.69) is 5.32 Å². The van der Waals surface area contributed by atoms with Crippen molar-refractivity contribution in [3.8, 4) is 0 Å². The van der Waals surface area contributed by atoms with E-state index in [-0.39, 0.29) is 25.2 Å². The summed E-state index contributed by atoms with van der Waals surface area (Å²) < 4.78 is 10.5. The Hall–Kier alpha value is -2.08. The zero-order valence-corrected chi connectivity index (χ0v) is 13.2. The highest BCUT2D eigenvalue weighted by atomic mass is 16.5. The first-order chi connectivity index (χ1) is 10.3. The second-order valence-corrected chi connectivity index (χ2v) is 5.85. The predicted molar refractivity (Wildman–Crippen MR) is 81.5 cm³/mol. The number of hydrogen-bond acceptors (Lipinski definition) is 4. The van der Waals surface area contributed by atoms with E-state index in [9.17, 15) is 9.59 Å². The van der Waals surface area contributed by atoms with Gasteiger partial charge in [-0.15, -0.1) is 0 Å². The van der Waals surface area contributed by atoms with Gasteiger partial charge in [0.1, 0.15) is 12.6 Å². The van der Waals surface area contributed by atoms with Crippen molar-refractivity contribution in [2.45, 2.75) is 45.4 Å². The van der Waals surface area contributed by atoms with E-state index in [0.29, 0.717) is 0 Å². The molecule has 1 unspecified atom stereocenters. The number of carboxylic acids is 1. The molecule has 1 rings (SSSR count). The number of carbonyl (C=O) groups is 2. The highest BCUT2D eigenvalue weighted by molar-refractivity contribution is 5.79. The normalized spacial score (nSPS) is 12.5. The molecule has 6 nitrogen and oxygen atoms in total. The van der Waals surface area contributed by atoms with Crippen molar-refractivity contribution < 1.29 is 24.2 Å². The van der Waals surface area contributed by atoms with E-state index in [0.717, 1.165) is 5.56 Å². The number of alkyl carbamates (subject to hydrolysis) is 1. The molecule has 0 saturated heterocycles. The second-order valence-electron chi connectivity index (χ2n) is 5.85. The largest absolute Gasteiger partial charge is 0.480 e. The first-order valence-corrected chi connectivity index (χ1v) is 7.12. The van der Waals surface area contributed by atoms with Crippen LogP contribution in [0, 0.1) is 0 Å². The summed E-state index contributed by atoms with van der Waals surface area (Å²) in [6.07, 6.45) is -0.584. The van der Waals surface area contributed by atoms with Gasteiger partial charge in [0.05, 0.1) is 5.60 Å². The van der Waals surface area contributed by atoms with Crippen LogP contribution in [0.5, 0.6) is 0 Å². The third kappa shape index (κ3) is 7.64. The Kier molecular flexibility index (Phi) is 6.85. The number of aliphatic carboxylic acids is 1. The van der Waals surface area contributed by atoms with Crippen LogP contribution < -0.4 is 5.32 Å². The number of rotatable bonds is 7. The second kappa shape index (κ2) is 8.38. The first-order valence-electron chi connectivity index (χ1n) is 7.12. The van der Waals surface area contributed by atoms with Crippen LogP contribution in [-0.2, 0) is 20.9 Å². The first kappa shape index (κ1) is 18.0. The van der Waals surface area contributed by atoms with E-state index in [1.807, 2.05) is 51.1 Å². The molecule has 1 atom stereocenters. The number of amides is 1. The van der Waals surface area contributed by atoms with Crippen LogP contribution >= 0.6 is 0 Å². The molecule has 0 heterocycles. The number of ether oxygens (including phenoxy) is 2. The molecular weight excluding hydrogens is 286 g/mol. The van der Waals surface area contributed by atoms with E-state index < -0.39 is 18.1 Å². The Bertz CT molecular complexity index is 481. The third-order valence-corrected chi connectivity index (χ3v) is 2.74. The molecule has 122 valence electrons. The Morgan fingerprint density at radius 3 is 2.41 bits per heavy atom. The van der Waals surface area contributed by atoms with Gasteiger partial charge in [-0.1, -0.05) is 30.3 Å². The molecule has 0 spiro atoms. The van der Waals surface area contributed by atoms with E-state index in [1.165, 1.54) is 0 Å². The SMILES string of the molecule is CC(C)(C)OCCC(NC(=O)OCc1ccccc1)C(=O)O. The summed E-state index contributed by atoms with van der Waals surface area (Å²) >= 11 is 0. The number of hydrogen-bond donors (Lipinski definition) is 2. The van der Waals surface area contributed by atoms with E-state index in [4.69, 9.17) is 14.6 Å². The highest BCUT2D eigenvalue weighted by Crippen LogP contribution is 2.08. The van der Waals surface area contributed by atoms with Crippen molar-refractivity contribution in [3.05, 3.63) is 35.9 Å². The van der Waals surface area contributed by atoms with Crippen LogP contribution in [0.1, 0.15) is 32.8 Å². The van der Waals surface area contributed by atoms with Gasteiger partial charge in [0.2, 0.25) is 0 Å². The van der Waals surface area contributed by atoms with Crippen LogP contribution in [0.25, 0.3) is 0 Å². The van der Waals surface area contributed by atoms with Gasteiger partial charge in [-0.25, -0.2) is 9.59 Å². The van der Waals surface area contributed by atoms with Crippen molar-refractivity contribution in [2.24, 2.45) is 0 Å². The molecule has 1 amide bonds. The Morgan fingerprint density at radius 1 is 1.23 bits per heavy atom. The standard InChI is InChI=1S/C16H23NO5/c1-16(2,3)22-10-9-13(14(18)19)17-15(20)21-11-12-7-5-4-6-8-12/h4-8,13H,9-11H2,1-3H3,(H,17,20)(H,18,19). The van der Waals surface area contributed by atoms with Gasteiger partial charge in [0, 0.05) is 13.0 Å². The summed E-state index contributed by atoms with van der Waals surface area (Å²) in [7, 11) is 0. The smallest absolute Gasteiger partial charge is 0.408 e. The lowest BCUT2D eigenvalue weighted by atomic mass is 10.2. The molecule has 0 aliphatic rings. The minimum absolute atomic E-state index is 0.0947. The van der Waals surface area contributed by atoms with Gasteiger partial charge in [0.15, 0.2) is 0 Å². The lowest BCUT2D eigenvalue weighted by molar-refractivity contribution is -0.140. The number of carboxylic acid groups (broad SMARTS) is 1. The van der Waals surface area contributed by atoms with Gasteiger partial charge in [-0.3, -0.25) is 0 Å². The zero-order chi connectivity index (χ0) is 16.6. The molecular formula is C16H23NO5. The summed E-state index contributed by atoms with van der Waals surface area (Å²) in [4.78, 5) is 22.8. The maximum atomic E-state index is 11.7. The van der Waals surface area contributed by atoms with Crippen LogP contribution in [-0.4, -0.2) is 35.4 Å². The molecule has 1 aromatic carbocycles. The van der Waals surface area contributed by atoms with E-state index >= 15 is 0 Å². The van der Waals surface area contributed by atoms with Crippen LogP contribution in [0.15, 0.2) is 30.3 Å². The van der Waals surface area contributed by atoms with Gasteiger partial charge >= 0.3 is 12.1 Å². The summed E-state index contributed by atoms with van der Waals surface area (Å²) in [5, 5.41) is 11.4. The van der Waals surface area contributed by atoms with Crippen molar-refractivity contribution >= 4 is 12.1 Å². The maximum absolute atomic E-state index is 11.7. The van der Waals surface area contributed by atoms with Crippen molar-refractivity contribution in [2.75, 3.05) is 6.61 Å². The molecule has 2 N–H and O–H groups in total. The molecule has 22 heavy (non-hydrogen) atoms. The quantitative estimate of drug-likeness (QED) is 0.808. The summed E-state index contributed by atoms with van der Waals surface area (Å²) in [6, 6.07) is 8.13. The van der Waals surface area contributed by atoms with Gasteiger partial charge in [-0.2, -0.15) is 0 Å². The van der Waals surface area contributed by atoms with Gasteiger partial charge in [0.25, 0.3) is 0 Å². The van der Waals surface area contributed by atoms with E-state index in [1.54, 1.807) is 0 Å². The average Bonchev–Trinajstić information content (AvgIpc) is 2.43. The molecule has 0 bridgehead atoms. The topological polar surface area (TPSA) is 84.9 Å². The Morgan fingerprint density at radius 2 is 1.86 bits per heavy atom. The number of nitrogens with one attached hydrogen (secondary N) is 1. The highest BCUT2D eigenvalue weighted by Gasteiger charge is 2.21. The summed E-state index contributed by atoms with van der Waals surface area (Å²) in [5.41, 5.74) is 0.484. The van der Waals surface area contributed by atoms with Gasteiger partial charge < -0.3 is 19.9 Å². The van der Waals surface area contributed by atoms with Crippen LogP contribution in [0.4, 0.5) is 4.79 Å². The van der Waals surface area contributed by atoms with Crippen molar-refractivity contribution in [1.29, 1.82) is 0 Å². The minimum Gasteiger partial charge on any atom is -0.480 e. The summed E-state index contributed by atoms with van der Waals surface area (Å²) in [5.74, 6) is -1.12. The molecule has 1 aromatic rings. The fraction of sp³-hybridized carbons (Fsp3) is 0.500. The third-order valence-electron chi connectivity index (χ3n) is 2.74. The fourth-order valence-electron chi connectivity index (χ4n) is 1.65. The van der Waals surface area contributed by atoms with Gasteiger partial charge in [-0.05, 0) is 26.3 Å². The molecule has 0 aromatic heterocycles. The lowest BCUT2D eigenvalue weighted by Crippen LogP contribution is -2.42. The fourth-order valence-corrected chi connectivity index (χ4v) is 1.65. The molecule has 0 radical (unpaired) electrons. The summed E-state index contributed by atoms with van der Waals surface area (Å²) in [6.45, 7) is 5.97. The Balaban J connectivity index is 2.39. The molecule has 0 saturated carbocycles. The van der Waals surface area contributed by atoms with Crippen molar-refractivity contribution in [1.82, 2.24) is 5.32 Å². The van der Waals surface area contributed by atoms with Crippen molar-refractivity contribution in [3.63, 3.8) is 0 Å². The lowest BCUT2D eigenvalue weighted by Gasteiger charge is -2.21. The Labute approximate surface area is 130 Å². The molecule has 0 fully saturated rings. The molecule has 0 aliphatic carbocycles. The molecule has 6 heteroatoms. The number of carbonyl (C=O) groups excluding carboxylic acids is 1. The average molecular weight is 309 g/mol. The van der Waals surface area contributed by atoms with Crippen LogP contribution in [0.2, 0.25) is 0 Å². The zero-order valence-electron chi connectivity index (χ0n) is 13.2. The monoisotopic (exact) mass is 309 g/mol.